The predicted molar refractivity (Wildman–Crippen MR) is 60.0 cm³/mol. The zero-order valence-corrected chi connectivity index (χ0v) is 9.78. The number of nitro groups is 1. The Kier molecular flexibility index (Phi) is 4.19. The lowest BCUT2D eigenvalue weighted by molar-refractivity contribution is -0.386. The summed E-state index contributed by atoms with van der Waals surface area (Å²) < 4.78 is 12.5. The minimum atomic E-state index is -0.763. The molecule has 0 amide bonds. The van der Waals surface area contributed by atoms with E-state index in [1.54, 1.807) is 0 Å². The highest BCUT2D eigenvalue weighted by molar-refractivity contribution is 9.10. The summed E-state index contributed by atoms with van der Waals surface area (Å²) in [6.07, 6.45) is 0.00116. The summed E-state index contributed by atoms with van der Waals surface area (Å²) in [4.78, 5) is 9.90. The zero-order chi connectivity index (χ0) is 12.3. The predicted octanol–water partition coefficient (Wildman–Crippen LogP) is 2.42. The van der Waals surface area contributed by atoms with Crippen molar-refractivity contribution in [1.82, 2.24) is 0 Å². The van der Waals surface area contributed by atoms with E-state index in [2.05, 4.69) is 15.9 Å². The van der Waals surface area contributed by atoms with Crippen LogP contribution in [-0.4, -0.2) is 16.7 Å². The largest absolute Gasteiger partial charge is 0.502 e. The monoisotopic (exact) mass is 292 g/mol. The second-order valence-electron chi connectivity index (χ2n) is 3.20. The molecular weight excluding hydrogens is 283 g/mol. The van der Waals surface area contributed by atoms with Crippen LogP contribution in [0.5, 0.6) is 5.75 Å². The van der Waals surface area contributed by atoms with Crippen molar-refractivity contribution in [2.75, 3.05) is 6.67 Å². The Labute approximate surface area is 99.3 Å². The molecule has 7 heteroatoms. The number of hydrogen-bond acceptors (Lipinski definition) is 4. The molecule has 1 aromatic carbocycles. The van der Waals surface area contributed by atoms with Crippen LogP contribution >= 0.6 is 15.9 Å². The Balaban J connectivity index is 3.23. The van der Waals surface area contributed by atoms with Crippen LogP contribution in [0.25, 0.3) is 0 Å². The maximum absolute atomic E-state index is 12.1. The second-order valence-corrected chi connectivity index (χ2v) is 4.12. The first-order chi connectivity index (χ1) is 7.47. The second kappa shape index (κ2) is 5.22. The van der Waals surface area contributed by atoms with Crippen LogP contribution < -0.4 is 5.73 Å². The van der Waals surface area contributed by atoms with Crippen molar-refractivity contribution in [1.29, 1.82) is 0 Å². The van der Waals surface area contributed by atoms with E-state index in [0.29, 0.717) is 4.47 Å². The van der Waals surface area contributed by atoms with Gasteiger partial charge < -0.3 is 10.8 Å². The molecule has 0 unspecified atom stereocenters. The highest BCUT2D eigenvalue weighted by Crippen LogP contribution is 2.36. The average Bonchev–Trinajstić information content (AvgIpc) is 2.20. The highest BCUT2D eigenvalue weighted by atomic mass is 79.9. The van der Waals surface area contributed by atoms with Crippen molar-refractivity contribution < 1.29 is 14.4 Å². The van der Waals surface area contributed by atoms with Crippen LogP contribution in [0.3, 0.4) is 0 Å². The molecule has 5 nitrogen and oxygen atoms in total. The molecule has 88 valence electrons. The molecule has 1 atom stereocenters. The lowest BCUT2D eigenvalue weighted by atomic mass is 10.0. The summed E-state index contributed by atoms with van der Waals surface area (Å²) in [7, 11) is 0. The van der Waals surface area contributed by atoms with Crippen molar-refractivity contribution in [2.45, 2.75) is 12.5 Å². The van der Waals surface area contributed by atoms with Crippen LogP contribution in [-0.2, 0) is 0 Å². The van der Waals surface area contributed by atoms with Gasteiger partial charge in [0.25, 0.3) is 0 Å². The smallest absolute Gasteiger partial charge is 0.312 e. The van der Waals surface area contributed by atoms with Crippen molar-refractivity contribution in [2.24, 2.45) is 5.73 Å². The molecule has 0 fully saturated rings. The van der Waals surface area contributed by atoms with Crippen LogP contribution in [0, 0.1) is 10.1 Å². The number of aromatic hydroxyl groups is 1. The molecule has 0 radical (unpaired) electrons. The number of hydrogen-bond donors (Lipinski definition) is 2. The van der Waals surface area contributed by atoms with Gasteiger partial charge in [-0.3, -0.25) is 14.5 Å². The number of phenols is 1. The van der Waals surface area contributed by atoms with Gasteiger partial charge in [-0.1, -0.05) is 15.9 Å². The summed E-state index contributed by atoms with van der Waals surface area (Å²) in [6.45, 7) is -0.652. The van der Waals surface area contributed by atoms with Crippen molar-refractivity contribution in [3.8, 4) is 5.75 Å². The number of nitro benzene ring substituents is 1. The van der Waals surface area contributed by atoms with E-state index in [1.807, 2.05) is 0 Å². The number of phenolic OH excluding ortho intramolecular Hbond substituents is 1. The molecule has 0 saturated carbocycles. The molecule has 0 aliphatic carbocycles. The number of alkyl halides is 1. The number of benzene rings is 1. The molecule has 0 aromatic heterocycles. The fraction of sp³-hybridized carbons (Fsp3) is 0.333. The first kappa shape index (κ1) is 12.9. The third-order valence-corrected chi connectivity index (χ3v) is 2.56. The fourth-order valence-electron chi connectivity index (χ4n) is 1.30. The number of rotatable bonds is 4. The lowest BCUT2D eigenvalue weighted by Crippen LogP contribution is -2.11. The summed E-state index contributed by atoms with van der Waals surface area (Å²) in [5.41, 5.74) is 5.32. The normalized spacial score (nSPS) is 12.4. The molecule has 0 aliphatic heterocycles. The quantitative estimate of drug-likeness (QED) is 0.659. The Bertz CT molecular complexity index is 414. The topological polar surface area (TPSA) is 89.4 Å². The Morgan fingerprint density at radius 1 is 1.62 bits per heavy atom. The van der Waals surface area contributed by atoms with Gasteiger partial charge in [-0.25, -0.2) is 0 Å². The lowest BCUT2D eigenvalue weighted by Gasteiger charge is -2.12. The standard InChI is InChI=1S/C9H10BrFN2O3/c10-5-3-6(7(12)1-2-11)9(14)8(4-5)13(15)16/h3-4,7,14H,1-2,12H2/t7-/m0/s1. The van der Waals surface area contributed by atoms with E-state index in [0.717, 1.165) is 0 Å². The molecule has 0 spiro atoms. The van der Waals surface area contributed by atoms with Gasteiger partial charge in [-0.15, -0.1) is 0 Å². The van der Waals surface area contributed by atoms with Gasteiger partial charge >= 0.3 is 5.69 Å². The summed E-state index contributed by atoms with van der Waals surface area (Å²) >= 11 is 3.07. The van der Waals surface area contributed by atoms with Gasteiger partial charge in [-0.05, 0) is 12.5 Å². The molecule has 0 aliphatic rings. The molecular formula is C9H10BrFN2O3. The van der Waals surface area contributed by atoms with E-state index in [9.17, 15) is 19.6 Å². The summed E-state index contributed by atoms with van der Waals surface area (Å²) in [5.74, 6) is -0.505. The summed E-state index contributed by atoms with van der Waals surface area (Å²) in [5, 5.41) is 20.2. The minimum absolute atomic E-state index is 0.00116. The molecule has 1 rings (SSSR count). The highest BCUT2D eigenvalue weighted by Gasteiger charge is 2.21. The maximum Gasteiger partial charge on any atom is 0.312 e. The first-order valence-electron chi connectivity index (χ1n) is 4.45. The zero-order valence-electron chi connectivity index (χ0n) is 8.19. The van der Waals surface area contributed by atoms with Crippen LogP contribution in [0.15, 0.2) is 16.6 Å². The van der Waals surface area contributed by atoms with Crippen molar-refractivity contribution in [3.05, 3.63) is 32.3 Å². The first-order valence-corrected chi connectivity index (χ1v) is 5.25. The van der Waals surface area contributed by atoms with E-state index >= 15 is 0 Å². The maximum atomic E-state index is 12.1. The molecule has 0 saturated heterocycles. The van der Waals surface area contributed by atoms with Gasteiger partial charge in [0.15, 0.2) is 5.75 Å². The van der Waals surface area contributed by atoms with Crippen LogP contribution in [0.4, 0.5) is 10.1 Å². The van der Waals surface area contributed by atoms with Crippen molar-refractivity contribution in [3.63, 3.8) is 0 Å². The SMILES string of the molecule is N[C@@H](CCF)c1cc(Br)cc([N+](=O)[O-])c1O. The van der Waals surface area contributed by atoms with Gasteiger partial charge in [-0.2, -0.15) is 0 Å². The molecule has 3 N–H and O–H groups in total. The third-order valence-electron chi connectivity index (χ3n) is 2.10. The molecule has 0 bridgehead atoms. The Morgan fingerprint density at radius 2 is 2.25 bits per heavy atom. The van der Waals surface area contributed by atoms with Crippen LogP contribution in [0.2, 0.25) is 0 Å². The number of nitrogens with two attached hydrogens (primary N) is 1. The Morgan fingerprint density at radius 3 is 2.75 bits per heavy atom. The third kappa shape index (κ3) is 2.67. The number of nitrogens with zero attached hydrogens (tertiary/aromatic N) is 1. The summed E-state index contributed by atoms with van der Waals surface area (Å²) in [6, 6.07) is 1.85. The fourth-order valence-corrected chi connectivity index (χ4v) is 1.76. The van der Waals surface area contributed by atoms with E-state index in [1.165, 1.54) is 12.1 Å². The van der Waals surface area contributed by atoms with Gasteiger partial charge in [0, 0.05) is 22.1 Å². The van der Waals surface area contributed by atoms with Gasteiger partial charge in [0.05, 0.1) is 11.6 Å². The van der Waals surface area contributed by atoms with E-state index in [-0.39, 0.29) is 12.0 Å². The van der Waals surface area contributed by atoms with E-state index in [4.69, 9.17) is 5.73 Å². The van der Waals surface area contributed by atoms with Crippen molar-refractivity contribution >= 4 is 21.6 Å². The van der Waals surface area contributed by atoms with Gasteiger partial charge in [0.1, 0.15) is 0 Å². The minimum Gasteiger partial charge on any atom is -0.502 e. The Hall–Kier alpha value is -1.21. The van der Waals surface area contributed by atoms with Crippen LogP contribution in [0.1, 0.15) is 18.0 Å². The molecule has 0 heterocycles. The average molecular weight is 293 g/mol. The molecule has 1 aromatic rings. The molecule has 16 heavy (non-hydrogen) atoms. The number of halogens is 2. The van der Waals surface area contributed by atoms with E-state index < -0.39 is 29.1 Å². The van der Waals surface area contributed by atoms with Gasteiger partial charge in [0.2, 0.25) is 0 Å².